The largest absolute Gasteiger partial charge is 0.493 e. The molecule has 0 aromatic heterocycles. The topological polar surface area (TPSA) is 65.0 Å². The van der Waals surface area contributed by atoms with Crippen LogP contribution < -0.4 is 14.2 Å². The minimum absolute atomic E-state index is 0. The van der Waals surface area contributed by atoms with Crippen molar-refractivity contribution in [3.05, 3.63) is 53.6 Å². The van der Waals surface area contributed by atoms with E-state index in [1.807, 2.05) is 30.3 Å². The van der Waals surface area contributed by atoms with E-state index in [1.54, 1.807) is 0 Å². The van der Waals surface area contributed by atoms with Gasteiger partial charge in [0.25, 0.3) is 0 Å². The van der Waals surface area contributed by atoms with Crippen LogP contribution in [0.25, 0.3) is 0 Å². The predicted octanol–water partition coefficient (Wildman–Crippen LogP) is 3.40. The Bertz CT molecular complexity index is 603. The fraction of sp³-hybridized carbons (Fsp3) is 0.188. The van der Waals surface area contributed by atoms with Crippen molar-refractivity contribution in [2.45, 2.75) is 6.61 Å². The molecule has 2 aromatic rings. The van der Waals surface area contributed by atoms with Gasteiger partial charge in [-0.05, 0) is 17.7 Å². The van der Waals surface area contributed by atoms with Crippen LogP contribution in [0.15, 0.2) is 42.5 Å². The van der Waals surface area contributed by atoms with Crippen molar-refractivity contribution in [2.75, 3.05) is 14.2 Å². The molecule has 0 bridgehead atoms. The summed E-state index contributed by atoms with van der Waals surface area (Å²) in [7, 11) is 2.91. The van der Waals surface area contributed by atoms with Gasteiger partial charge in [0.1, 0.15) is 6.61 Å². The number of carboxylic acid groups (broad SMARTS) is 1. The summed E-state index contributed by atoms with van der Waals surface area (Å²) in [6.07, 6.45) is 0. The highest BCUT2D eigenvalue weighted by atomic mass is 35.5. The van der Waals surface area contributed by atoms with E-state index in [2.05, 4.69) is 0 Å². The van der Waals surface area contributed by atoms with Gasteiger partial charge in [0, 0.05) is 0 Å². The summed E-state index contributed by atoms with van der Waals surface area (Å²) in [5.41, 5.74) is 1.07. The third kappa shape index (κ3) is 4.05. The number of halogens is 1. The summed E-state index contributed by atoms with van der Waals surface area (Å²) in [5, 5.41) is 9.07. The number of carboxylic acids is 1. The summed E-state index contributed by atoms with van der Waals surface area (Å²) in [5.74, 6) is -0.0274. The fourth-order valence-electron chi connectivity index (χ4n) is 1.88. The van der Waals surface area contributed by atoms with Crippen LogP contribution in [0.1, 0.15) is 15.9 Å². The van der Waals surface area contributed by atoms with Crippen LogP contribution in [0.4, 0.5) is 0 Å². The summed E-state index contributed by atoms with van der Waals surface area (Å²) in [6, 6.07) is 12.4. The maximum absolute atomic E-state index is 11.1. The molecule has 0 saturated heterocycles. The van der Waals surface area contributed by atoms with Gasteiger partial charge >= 0.3 is 5.97 Å². The normalized spacial score (nSPS) is 9.55. The molecule has 0 heterocycles. The Hall–Kier alpha value is -2.40. The van der Waals surface area contributed by atoms with Crippen LogP contribution in [0, 0.1) is 0 Å². The predicted molar refractivity (Wildman–Crippen MR) is 84.5 cm³/mol. The monoisotopic (exact) mass is 324 g/mol. The van der Waals surface area contributed by atoms with Crippen molar-refractivity contribution in [1.29, 1.82) is 0 Å². The molecule has 2 aromatic carbocycles. The molecule has 0 amide bonds. The van der Waals surface area contributed by atoms with E-state index in [-0.39, 0.29) is 18.0 Å². The van der Waals surface area contributed by atoms with Crippen molar-refractivity contribution in [3.63, 3.8) is 0 Å². The van der Waals surface area contributed by atoms with Crippen LogP contribution in [-0.4, -0.2) is 25.3 Å². The number of aromatic carboxylic acids is 1. The zero-order valence-electron chi connectivity index (χ0n) is 12.2. The van der Waals surface area contributed by atoms with E-state index >= 15 is 0 Å². The Morgan fingerprint density at radius 2 is 1.59 bits per heavy atom. The van der Waals surface area contributed by atoms with Gasteiger partial charge in [0.2, 0.25) is 5.75 Å². The van der Waals surface area contributed by atoms with E-state index in [0.717, 1.165) is 5.56 Å². The highest BCUT2D eigenvalue weighted by Gasteiger charge is 2.17. The lowest BCUT2D eigenvalue weighted by molar-refractivity contribution is 0.0696. The zero-order valence-corrected chi connectivity index (χ0v) is 13.1. The molecule has 22 heavy (non-hydrogen) atoms. The minimum Gasteiger partial charge on any atom is -0.493 e. The molecular formula is C16H17ClO5. The van der Waals surface area contributed by atoms with Crippen molar-refractivity contribution < 1.29 is 24.1 Å². The molecule has 5 nitrogen and oxygen atoms in total. The van der Waals surface area contributed by atoms with E-state index in [0.29, 0.717) is 23.9 Å². The minimum atomic E-state index is -1.05. The van der Waals surface area contributed by atoms with Crippen molar-refractivity contribution in [1.82, 2.24) is 0 Å². The molecule has 0 radical (unpaired) electrons. The van der Waals surface area contributed by atoms with Gasteiger partial charge in [-0.3, -0.25) is 0 Å². The van der Waals surface area contributed by atoms with E-state index in [4.69, 9.17) is 19.3 Å². The number of ether oxygens (including phenoxy) is 3. The second-order valence-electron chi connectivity index (χ2n) is 4.29. The lowest BCUT2D eigenvalue weighted by Gasteiger charge is -2.15. The van der Waals surface area contributed by atoms with Gasteiger partial charge in [-0.1, -0.05) is 30.3 Å². The second kappa shape index (κ2) is 8.14. The van der Waals surface area contributed by atoms with Crippen LogP contribution in [0.5, 0.6) is 17.2 Å². The molecule has 118 valence electrons. The number of methoxy groups -OCH3 is 2. The first-order valence-electron chi connectivity index (χ1n) is 6.31. The molecule has 0 aliphatic heterocycles. The molecule has 0 aliphatic rings. The van der Waals surface area contributed by atoms with Crippen LogP contribution >= 0.6 is 12.4 Å². The second-order valence-corrected chi connectivity index (χ2v) is 4.29. The maximum Gasteiger partial charge on any atom is 0.335 e. The Balaban J connectivity index is 0.00000242. The van der Waals surface area contributed by atoms with Gasteiger partial charge in [0.05, 0.1) is 19.8 Å². The van der Waals surface area contributed by atoms with E-state index in [1.165, 1.54) is 26.4 Å². The maximum atomic E-state index is 11.1. The lowest BCUT2D eigenvalue weighted by Crippen LogP contribution is -2.03. The number of hydrogen-bond donors (Lipinski definition) is 1. The van der Waals surface area contributed by atoms with Crippen LogP contribution in [-0.2, 0) is 6.61 Å². The first kappa shape index (κ1) is 17.7. The Morgan fingerprint density at radius 3 is 2.05 bits per heavy atom. The molecule has 0 fully saturated rings. The average molecular weight is 325 g/mol. The summed E-state index contributed by atoms with van der Waals surface area (Å²) < 4.78 is 16.1. The Labute approximate surface area is 134 Å². The van der Waals surface area contributed by atoms with Gasteiger partial charge in [-0.25, -0.2) is 4.79 Å². The van der Waals surface area contributed by atoms with Crippen molar-refractivity contribution in [3.8, 4) is 17.2 Å². The zero-order chi connectivity index (χ0) is 15.2. The molecule has 0 atom stereocenters. The number of benzene rings is 2. The highest BCUT2D eigenvalue weighted by molar-refractivity contribution is 5.89. The molecule has 0 spiro atoms. The Morgan fingerprint density at radius 1 is 1.05 bits per heavy atom. The Kier molecular flexibility index (Phi) is 6.53. The molecule has 1 N–H and O–H groups in total. The molecule has 2 rings (SSSR count). The van der Waals surface area contributed by atoms with Gasteiger partial charge in [-0.2, -0.15) is 0 Å². The number of carbonyl (C=O) groups is 1. The SMILES string of the molecule is COc1cc(C(=O)O)cc(OC)c1OCc1ccccc1.Cl. The quantitative estimate of drug-likeness (QED) is 0.882. The first-order valence-corrected chi connectivity index (χ1v) is 6.31. The van der Waals surface area contributed by atoms with Crippen molar-refractivity contribution in [2.24, 2.45) is 0 Å². The average Bonchev–Trinajstić information content (AvgIpc) is 2.52. The number of rotatable bonds is 6. The van der Waals surface area contributed by atoms with E-state index < -0.39 is 5.97 Å². The first-order chi connectivity index (χ1) is 10.2. The molecule has 6 heteroatoms. The fourth-order valence-corrected chi connectivity index (χ4v) is 1.88. The van der Waals surface area contributed by atoms with Gasteiger partial charge < -0.3 is 19.3 Å². The number of hydrogen-bond acceptors (Lipinski definition) is 4. The standard InChI is InChI=1S/C16H16O5.ClH/c1-19-13-8-12(16(17)18)9-14(20-2)15(13)21-10-11-6-4-3-5-7-11;/h3-9H,10H2,1-2H3,(H,17,18);1H. The van der Waals surface area contributed by atoms with Crippen molar-refractivity contribution >= 4 is 18.4 Å². The van der Waals surface area contributed by atoms with Gasteiger partial charge in [-0.15, -0.1) is 12.4 Å². The molecule has 0 saturated carbocycles. The smallest absolute Gasteiger partial charge is 0.335 e. The van der Waals surface area contributed by atoms with Crippen LogP contribution in [0.3, 0.4) is 0 Å². The lowest BCUT2D eigenvalue weighted by atomic mass is 10.2. The molecule has 0 unspecified atom stereocenters. The summed E-state index contributed by atoms with van der Waals surface area (Å²) in [6.45, 7) is 0.333. The van der Waals surface area contributed by atoms with Gasteiger partial charge in [0.15, 0.2) is 11.5 Å². The summed E-state index contributed by atoms with van der Waals surface area (Å²) >= 11 is 0. The third-order valence-electron chi connectivity index (χ3n) is 2.93. The summed E-state index contributed by atoms with van der Waals surface area (Å²) in [4.78, 5) is 11.1. The third-order valence-corrected chi connectivity index (χ3v) is 2.93. The molecular weight excluding hydrogens is 308 g/mol. The molecule has 0 aliphatic carbocycles. The highest BCUT2D eigenvalue weighted by Crippen LogP contribution is 2.39. The van der Waals surface area contributed by atoms with E-state index in [9.17, 15) is 4.79 Å². The van der Waals surface area contributed by atoms with Crippen LogP contribution in [0.2, 0.25) is 0 Å².